The Morgan fingerprint density at radius 2 is 1.63 bits per heavy atom. The number of thiophene rings is 1. The summed E-state index contributed by atoms with van der Waals surface area (Å²) in [6.45, 7) is 4.53. The van der Waals surface area contributed by atoms with Gasteiger partial charge in [-0.1, -0.05) is 13.8 Å². The summed E-state index contributed by atoms with van der Waals surface area (Å²) in [5, 5.41) is 0. The zero-order chi connectivity index (χ0) is 13.1. The molecule has 0 saturated heterocycles. The van der Waals surface area contributed by atoms with E-state index in [2.05, 4.69) is 19.9 Å². The van der Waals surface area contributed by atoms with E-state index in [4.69, 9.17) is 5.73 Å². The van der Waals surface area contributed by atoms with E-state index >= 15 is 0 Å². The summed E-state index contributed by atoms with van der Waals surface area (Å²) in [5.41, 5.74) is 7.30. The molecule has 0 radical (unpaired) electrons. The van der Waals surface area contributed by atoms with Crippen molar-refractivity contribution < 1.29 is 0 Å². The maximum Gasteiger partial charge on any atom is 0.0461 e. The summed E-state index contributed by atoms with van der Waals surface area (Å²) < 4.78 is 0. The molecule has 0 amide bonds. The molecule has 4 fully saturated rings. The molecule has 4 saturated carbocycles. The van der Waals surface area contributed by atoms with E-state index in [1.54, 1.807) is 11.3 Å². The Morgan fingerprint density at radius 3 is 2.11 bits per heavy atom. The maximum absolute atomic E-state index is 6.25. The quantitative estimate of drug-likeness (QED) is 0.808. The Bertz CT molecular complexity index is 459. The molecule has 0 atom stereocenters. The van der Waals surface area contributed by atoms with Gasteiger partial charge < -0.3 is 5.73 Å². The third-order valence-corrected chi connectivity index (χ3v) is 7.44. The van der Waals surface area contributed by atoms with Gasteiger partial charge in [0.2, 0.25) is 0 Å². The Balaban J connectivity index is 1.67. The molecule has 2 N–H and O–H groups in total. The van der Waals surface area contributed by atoms with E-state index in [9.17, 15) is 0 Å². The van der Waals surface area contributed by atoms with Crippen molar-refractivity contribution in [1.29, 1.82) is 0 Å². The van der Waals surface area contributed by atoms with Crippen LogP contribution in [0.2, 0.25) is 0 Å². The summed E-state index contributed by atoms with van der Waals surface area (Å²) in [4.78, 5) is 3.04. The Morgan fingerprint density at radius 1 is 1.05 bits per heavy atom. The molecule has 1 heterocycles. The van der Waals surface area contributed by atoms with Gasteiger partial charge in [0.15, 0.2) is 0 Å². The van der Waals surface area contributed by atoms with Gasteiger partial charge in [-0.2, -0.15) is 0 Å². The fraction of sp³-hybridized carbons (Fsp3) is 0.765. The largest absolute Gasteiger partial charge is 0.398 e. The second-order valence-electron chi connectivity index (χ2n) is 7.58. The Kier molecular flexibility index (Phi) is 2.74. The highest BCUT2D eigenvalue weighted by atomic mass is 32.1. The highest BCUT2D eigenvalue weighted by molar-refractivity contribution is 7.12. The fourth-order valence-electron chi connectivity index (χ4n) is 5.44. The SMILES string of the molecule is CC(C)c1sc(C2C3CC4CC(C3)CC2C4)cc1N. The van der Waals surface area contributed by atoms with E-state index in [-0.39, 0.29) is 0 Å². The van der Waals surface area contributed by atoms with Crippen LogP contribution in [0.25, 0.3) is 0 Å². The number of nitrogen functional groups attached to an aromatic ring is 1. The van der Waals surface area contributed by atoms with Gasteiger partial charge in [0.1, 0.15) is 0 Å². The predicted octanol–water partition coefficient (Wildman–Crippen LogP) is 4.99. The lowest BCUT2D eigenvalue weighted by Crippen LogP contribution is -2.43. The van der Waals surface area contributed by atoms with Crippen LogP contribution in [0.5, 0.6) is 0 Å². The third kappa shape index (κ3) is 1.86. The lowest BCUT2D eigenvalue weighted by Gasteiger charge is -2.54. The van der Waals surface area contributed by atoms with Gasteiger partial charge in [-0.25, -0.2) is 0 Å². The van der Waals surface area contributed by atoms with Crippen LogP contribution in [0.15, 0.2) is 6.07 Å². The molecular weight excluding hydrogens is 250 g/mol. The van der Waals surface area contributed by atoms with Crippen molar-refractivity contribution in [3.8, 4) is 0 Å². The molecule has 0 aromatic carbocycles. The first-order valence-electron chi connectivity index (χ1n) is 8.01. The van der Waals surface area contributed by atoms with Gasteiger partial charge in [0.25, 0.3) is 0 Å². The Hall–Kier alpha value is -0.500. The van der Waals surface area contributed by atoms with Crippen molar-refractivity contribution in [1.82, 2.24) is 0 Å². The lowest BCUT2D eigenvalue weighted by molar-refractivity contribution is -0.00159. The molecule has 5 rings (SSSR count). The molecule has 0 unspecified atom stereocenters. The molecular formula is C17H25NS. The average molecular weight is 275 g/mol. The molecule has 104 valence electrons. The number of nitrogens with two attached hydrogens (primary N) is 1. The number of hydrogen-bond donors (Lipinski definition) is 1. The van der Waals surface area contributed by atoms with Crippen molar-refractivity contribution in [3.05, 3.63) is 15.8 Å². The van der Waals surface area contributed by atoms with E-state index in [0.717, 1.165) is 35.3 Å². The van der Waals surface area contributed by atoms with Crippen molar-refractivity contribution in [2.75, 3.05) is 5.73 Å². The van der Waals surface area contributed by atoms with Gasteiger partial charge >= 0.3 is 0 Å². The van der Waals surface area contributed by atoms with Gasteiger partial charge in [0.05, 0.1) is 0 Å². The molecule has 1 nitrogen and oxygen atoms in total. The highest BCUT2D eigenvalue weighted by Gasteiger charge is 2.49. The topological polar surface area (TPSA) is 26.0 Å². The van der Waals surface area contributed by atoms with E-state index in [0.29, 0.717) is 5.92 Å². The van der Waals surface area contributed by atoms with Crippen molar-refractivity contribution in [3.63, 3.8) is 0 Å². The molecule has 0 aliphatic heterocycles. The Labute approximate surface area is 120 Å². The first-order valence-corrected chi connectivity index (χ1v) is 8.82. The predicted molar refractivity (Wildman–Crippen MR) is 82.6 cm³/mol. The lowest BCUT2D eigenvalue weighted by atomic mass is 9.51. The van der Waals surface area contributed by atoms with Crippen LogP contribution in [0.3, 0.4) is 0 Å². The van der Waals surface area contributed by atoms with Crippen LogP contribution >= 0.6 is 11.3 Å². The summed E-state index contributed by atoms with van der Waals surface area (Å²) in [6.07, 6.45) is 7.57. The van der Waals surface area contributed by atoms with Gasteiger partial charge in [0, 0.05) is 15.4 Å². The normalized spacial score (nSPS) is 40.3. The fourth-order valence-corrected chi connectivity index (χ4v) is 6.82. The van der Waals surface area contributed by atoms with Crippen molar-refractivity contribution >= 4 is 17.0 Å². The molecule has 4 aliphatic rings. The van der Waals surface area contributed by atoms with E-state index in [1.807, 2.05) is 11.3 Å². The van der Waals surface area contributed by atoms with Gasteiger partial charge in [-0.3, -0.25) is 0 Å². The third-order valence-electron chi connectivity index (χ3n) is 5.89. The minimum Gasteiger partial charge on any atom is -0.398 e. The standard InChI is InChI=1S/C17H25NS/c1-9(2)17-14(18)8-15(19-17)16-12-4-10-3-11(6-12)7-13(16)5-10/h8-13,16H,3-7,18H2,1-2H3. The van der Waals surface area contributed by atoms with Crippen LogP contribution in [0.4, 0.5) is 5.69 Å². The number of anilines is 1. The maximum atomic E-state index is 6.25. The second kappa shape index (κ2) is 4.25. The average Bonchev–Trinajstić information content (AvgIpc) is 2.69. The first-order chi connectivity index (χ1) is 9.11. The van der Waals surface area contributed by atoms with Crippen molar-refractivity contribution in [2.45, 2.75) is 57.8 Å². The van der Waals surface area contributed by atoms with Crippen LogP contribution < -0.4 is 5.73 Å². The van der Waals surface area contributed by atoms with Crippen LogP contribution in [0.1, 0.15) is 67.5 Å². The zero-order valence-corrected chi connectivity index (χ0v) is 12.9. The second-order valence-corrected chi connectivity index (χ2v) is 8.69. The number of rotatable bonds is 2. The smallest absolute Gasteiger partial charge is 0.0461 e. The van der Waals surface area contributed by atoms with E-state index < -0.39 is 0 Å². The summed E-state index contributed by atoms with van der Waals surface area (Å²) in [6, 6.07) is 2.33. The van der Waals surface area contributed by atoms with Crippen LogP contribution in [0, 0.1) is 23.7 Å². The minimum absolute atomic E-state index is 0.579. The van der Waals surface area contributed by atoms with Crippen LogP contribution in [-0.2, 0) is 0 Å². The monoisotopic (exact) mass is 275 g/mol. The highest BCUT2D eigenvalue weighted by Crippen LogP contribution is 2.60. The molecule has 1 aromatic heterocycles. The summed E-state index contributed by atoms with van der Waals surface area (Å²) in [7, 11) is 0. The molecule has 0 spiro atoms. The van der Waals surface area contributed by atoms with Crippen LogP contribution in [-0.4, -0.2) is 0 Å². The summed E-state index contributed by atoms with van der Waals surface area (Å²) in [5.74, 6) is 5.54. The molecule has 4 bridgehead atoms. The zero-order valence-electron chi connectivity index (χ0n) is 12.1. The molecule has 1 aromatic rings. The molecule has 2 heteroatoms. The molecule has 19 heavy (non-hydrogen) atoms. The minimum atomic E-state index is 0.579. The van der Waals surface area contributed by atoms with E-state index in [1.165, 1.54) is 30.6 Å². The summed E-state index contributed by atoms with van der Waals surface area (Å²) >= 11 is 2.02. The van der Waals surface area contributed by atoms with Gasteiger partial charge in [-0.15, -0.1) is 11.3 Å². The van der Waals surface area contributed by atoms with Crippen molar-refractivity contribution in [2.24, 2.45) is 23.7 Å². The number of hydrogen-bond acceptors (Lipinski definition) is 2. The first kappa shape index (κ1) is 12.3. The molecule has 4 aliphatic carbocycles. The van der Waals surface area contributed by atoms with Gasteiger partial charge in [-0.05, 0) is 73.7 Å².